The Hall–Kier alpha value is -5.34. The quantitative estimate of drug-likeness (QED) is 0.121. The van der Waals surface area contributed by atoms with Gasteiger partial charge in [0.1, 0.15) is 11.9 Å². The van der Waals surface area contributed by atoms with Crippen molar-refractivity contribution in [2.24, 2.45) is 10.9 Å². The Morgan fingerprint density at radius 1 is 0.948 bits per heavy atom. The number of hydrogen-bond acceptors (Lipinski definition) is 10. The van der Waals surface area contributed by atoms with E-state index in [4.69, 9.17) is 0 Å². The third-order valence-electron chi connectivity index (χ3n) is 11.7. The minimum absolute atomic E-state index is 0.0350. The summed E-state index contributed by atoms with van der Waals surface area (Å²) in [5.41, 5.74) is 2.31. The van der Waals surface area contributed by atoms with Crippen LogP contribution in [0.25, 0.3) is 0 Å². The number of nitrogens with zero attached hydrogens (tertiary/aromatic N) is 4. The minimum Gasteiger partial charge on any atom is -0.480 e. The predicted molar refractivity (Wildman–Crippen MR) is 224 cm³/mol. The van der Waals surface area contributed by atoms with Gasteiger partial charge in [0, 0.05) is 69.9 Å². The maximum Gasteiger partial charge on any atom is 0.326 e. The highest BCUT2D eigenvalue weighted by molar-refractivity contribution is 5.85. The molecule has 7 rings (SSSR count). The SMILES string of the molecule is CC1(NCC(c2ccccc2)c2ccccc2)N=CNC(N2CCCC(C(=O)N[C@@H](Cc3ccc(NC(O)N4CCN(C5C=CC=CC5)CC4)cc3)C(=O)O)C2)=C1F. The summed E-state index contributed by atoms with van der Waals surface area (Å²) < 4.78 is 16.5. The van der Waals surface area contributed by atoms with Gasteiger partial charge in [-0.25, -0.2) is 14.2 Å². The van der Waals surface area contributed by atoms with Crippen molar-refractivity contribution in [3.05, 3.63) is 138 Å². The molecule has 3 aliphatic heterocycles. The first-order valence-electron chi connectivity index (χ1n) is 20.4. The lowest BCUT2D eigenvalue weighted by atomic mass is 9.90. The molecule has 58 heavy (non-hydrogen) atoms. The number of anilines is 1. The number of carboxylic acids is 1. The third-order valence-corrected chi connectivity index (χ3v) is 11.7. The number of carbonyl (C=O) groups excluding carboxylic acids is 1. The Morgan fingerprint density at radius 2 is 1.64 bits per heavy atom. The summed E-state index contributed by atoms with van der Waals surface area (Å²) in [5, 5.41) is 33.3. The van der Waals surface area contributed by atoms with Crippen molar-refractivity contribution in [1.29, 1.82) is 0 Å². The van der Waals surface area contributed by atoms with E-state index in [2.05, 4.69) is 79.7 Å². The van der Waals surface area contributed by atoms with Gasteiger partial charge in [-0.3, -0.25) is 19.9 Å². The zero-order valence-corrected chi connectivity index (χ0v) is 33.0. The van der Waals surface area contributed by atoms with Gasteiger partial charge >= 0.3 is 5.97 Å². The van der Waals surface area contributed by atoms with Gasteiger partial charge in [0.2, 0.25) is 5.91 Å². The van der Waals surface area contributed by atoms with Crippen molar-refractivity contribution >= 4 is 23.9 Å². The Morgan fingerprint density at radius 3 is 2.28 bits per heavy atom. The van der Waals surface area contributed by atoms with Gasteiger partial charge in [0.05, 0.1) is 12.3 Å². The molecule has 1 amide bonds. The normalized spacial score (nSPS) is 23.7. The molecule has 5 atom stereocenters. The van der Waals surface area contributed by atoms with Gasteiger partial charge < -0.3 is 31.1 Å². The average molecular weight is 791 g/mol. The Bertz CT molecular complexity index is 1930. The van der Waals surface area contributed by atoms with Crippen molar-refractivity contribution in [2.75, 3.05) is 51.1 Å². The summed E-state index contributed by atoms with van der Waals surface area (Å²) in [4.78, 5) is 36.7. The van der Waals surface area contributed by atoms with E-state index in [0.29, 0.717) is 37.7 Å². The second kappa shape index (κ2) is 18.9. The Labute approximate surface area is 340 Å². The molecule has 0 bridgehead atoms. The van der Waals surface area contributed by atoms with Gasteiger partial charge in [0.25, 0.3) is 0 Å². The highest BCUT2D eigenvalue weighted by Crippen LogP contribution is 2.31. The summed E-state index contributed by atoms with van der Waals surface area (Å²) in [6, 6.07) is 26.7. The van der Waals surface area contributed by atoms with E-state index in [-0.39, 0.29) is 30.6 Å². The number of rotatable bonds is 15. The first-order valence-corrected chi connectivity index (χ1v) is 20.4. The third kappa shape index (κ3) is 10.0. The number of carbonyl (C=O) groups is 2. The van der Waals surface area contributed by atoms with E-state index in [1.165, 1.54) is 6.34 Å². The molecule has 3 aromatic rings. The largest absolute Gasteiger partial charge is 0.480 e. The topological polar surface area (TPSA) is 145 Å². The molecular formula is C45H55FN8O4. The summed E-state index contributed by atoms with van der Waals surface area (Å²) in [6.45, 7) is 6.09. The van der Waals surface area contributed by atoms with Gasteiger partial charge in [0.15, 0.2) is 17.8 Å². The highest BCUT2D eigenvalue weighted by Gasteiger charge is 2.38. The van der Waals surface area contributed by atoms with Crippen LogP contribution in [0.5, 0.6) is 0 Å². The zero-order valence-electron chi connectivity index (χ0n) is 33.0. The summed E-state index contributed by atoms with van der Waals surface area (Å²) in [6.07, 6.45) is 11.5. The van der Waals surface area contributed by atoms with Gasteiger partial charge in [-0.2, -0.15) is 0 Å². The number of allylic oxidation sites excluding steroid dienone is 2. The number of piperidine rings is 1. The van der Waals surface area contributed by atoms with E-state index in [1.54, 1.807) is 19.1 Å². The number of carboxylic acid groups (broad SMARTS) is 1. The molecule has 0 spiro atoms. The summed E-state index contributed by atoms with van der Waals surface area (Å²) in [7, 11) is 0. The molecule has 0 aromatic heterocycles. The standard InChI is InChI=1S/C45H55FN8O4/c1-45(48-29-38(33-12-5-2-6-13-33)34-14-7-3-8-15-34)40(46)41(47-31-49-45)54-23-11-16-35(30-54)42(55)51-39(43(56)57)28-32-19-21-36(22-20-32)50-44(58)53-26-24-52(25-27-53)37-17-9-4-10-18-37/h2-10,12-15,17,19-22,31,35,37-39,44,48,50,58H,11,16,18,23-30H2,1H3,(H,47,49)(H,51,55)(H,56,57)/t35?,37?,39-,44?,45?/m0/s1. The van der Waals surface area contributed by atoms with Crippen LogP contribution in [0, 0.1) is 5.92 Å². The molecule has 0 saturated carbocycles. The molecular weight excluding hydrogens is 736 g/mol. The fourth-order valence-corrected chi connectivity index (χ4v) is 8.28. The number of amides is 1. The Kier molecular flexibility index (Phi) is 13.3. The van der Waals surface area contributed by atoms with E-state index >= 15 is 4.39 Å². The molecule has 2 fully saturated rings. The number of halogens is 1. The van der Waals surface area contributed by atoms with Crippen molar-refractivity contribution in [1.82, 2.24) is 30.7 Å². The number of aliphatic hydroxyl groups is 1. The molecule has 6 N–H and O–H groups in total. The van der Waals surface area contributed by atoms with Gasteiger partial charge in [-0.05, 0) is 55.0 Å². The summed E-state index contributed by atoms with van der Waals surface area (Å²) in [5.74, 6) is -2.31. The van der Waals surface area contributed by atoms with Crippen LogP contribution in [0.4, 0.5) is 10.1 Å². The number of piperazine rings is 1. The van der Waals surface area contributed by atoms with Crippen molar-refractivity contribution in [2.45, 2.75) is 62.6 Å². The molecule has 0 radical (unpaired) electrons. The fourth-order valence-electron chi connectivity index (χ4n) is 8.28. The van der Waals surface area contributed by atoms with Crippen LogP contribution in [0.1, 0.15) is 48.8 Å². The molecule has 2 saturated heterocycles. The lowest BCUT2D eigenvalue weighted by Crippen LogP contribution is -2.54. The first kappa shape index (κ1) is 40.8. The van der Waals surface area contributed by atoms with Crippen molar-refractivity contribution in [3.8, 4) is 0 Å². The van der Waals surface area contributed by atoms with E-state index in [9.17, 15) is 19.8 Å². The van der Waals surface area contributed by atoms with E-state index in [0.717, 1.165) is 49.3 Å². The smallest absolute Gasteiger partial charge is 0.326 e. The summed E-state index contributed by atoms with van der Waals surface area (Å²) >= 11 is 0. The van der Waals surface area contributed by atoms with Crippen LogP contribution in [-0.2, 0) is 16.0 Å². The second-order valence-corrected chi connectivity index (χ2v) is 15.7. The lowest BCUT2D eigenvalue weighted by Gasteiger charge is -2.40. The molecule has 306 valence electrons. The van der Waals surface area contributed by atoms with Crippen LogP contribution < -0.4 is 21.3 Å². The van der Waals surface area contributed by atoms with Crippen LogP contribution in [0.15, 0.2) is 126 Å². The monoisotopic (exact) mass is 790 g/mol. The first-order chi connectivity index (χ1) is 28.2. The number of aliphatic imine (C=N–C) groups is 1. The number of hydrogen-bond donors (Lipinski definition) is 6. The maximum absolute atomic E-state index is 16.5. The molecule has 13 heteroatoms. The minimum atomic E-state index is -1.34. The average Bonchev–Trinajstić information content (AvgIpc) is 3.26. The zero-order chi connectivity index (χ0) is 40.5. The number of nitrogens with one attached hydrogen (secondary N) is 4. The number of likely N-dealkylation sites (tertiary alicyclic amines) is 1. The van der Waals surface area contributed by atoms with Crippen LogP contribution in [-0.4, -0.2) is 113 Å². The van der Waals surface area contributed by atoms with Crippen molar-refractivity contribution < 1.29 is 24.2 Å². The van der Waals surface area contributed by atoms with Crippen LogP contribution in [0.2, 0.25) is 0 Å². The number of aliphatic hydroxyl groups excluding tert-OH is 1. The predicted octanol–water partition coefficient (Wildman–Crippen LogP) is 4.61. The fraction of sp³-hybridized carbons (Fsp3) is 0.400. The molecule has 4 aliphatic rings. The van der Waals surface area contributed by atoms with Crippen LogP contribution >= 0.6 is 0 Å². The lowest BCUT2D eigenvalue weighted by molar-refractivity contribution is -0.142. The van der Waals surface area contributed by atoms with Crippen LogP contribution in [0.3, 0.4) is 0 Å². The Balaban J connectivity index is 0.924. The highest BCUT2D eigenvalue weighted by atomic mass is 19.1. The van der Waals surface area contributed by atoms with Crippen molar-refractivity contribution in [3.63, 3.8) is 0 Å². The van der Waals surface area contributed by atoms with E-state index < -0.39 is 35.8 Å². The van der Waals surface area contributed by atoms with Gasteiger partial charge in [-0.15, -0.1) is 0 Å². The number of benzene rings is 3. The second-order valence-electron chi connectivity index (χ2n) is 15.7. The maximum atomic E-state index is 16.5. The molecule has 12 nitrogen and oxygen atoms in total. The molecule has 3 heterocycles. The molecule has 1 aliphatic carbocycles. The van der Waals surface area contributed by atoms with Gasteiger partial charge in [-0.1, -0.05) is 97.1 Å². The molecule has 3 aromatic carbocycles. The molecule has 4 unspecified atom stereocenters. The van der Waals surface area contributed by atoms with E-state index in [1.807, 2.05) is 58.3 Å². The number of aliphatic carboxylic acids is 1.